The van der Waals surface area contributed by atoms with Crippen molar-refractivity contribution in [1.29, 1.82) is 0 Å². The van der Waals surface area contributed by atoms with E-state index in [1.54, 1.807) is 6.92 Å². The molecule has 0 unspecified atom stereocenters. The van der Waals surface area contributed by atoms with E-state index >= 15 is 0 Å². The predicted octanol–water partition coefficient (Wildman–Crippen LogP) is 4.96. The van der Waals surface area contributed by atoms with Gasteiger partial charge in [0.15, 0.2) is 12.3 Å². The third kappa shape index (κ3) is 5.10. The SMILES string of the molecule is CC[C@H](C)c1ccc(NC(=O)COC(=O)c2nc(-c3ccccc3)oc2C)cc1. The molecule has 0 bridgehead atoms. The number of hydrogen-bond donors (Lipinski definition) is 1. The van der Waals surface area contributed by atoms with E-state index in [0.29, 0.717) is 23.3 Å². The number of benzene rings is 2. The van der Waals surface area contributed by atoms with Crippen molar-refractivity contribution < 1.29 is 18.7 Å². The van der Waals surface area contributed by atoms with Gasteiger partial charge in [-0.15, -0.1) is 0 Å². The van der Waals surface area contributed by atoms with Gasteiger partial charge >= 0.3 is 5.97 Å². The first-order valence-corrected chi connectivity index (χ1v) is 9.57. The van der Waals surface area contributed by atoms with Gasteiger partial charge < -0.3 is 14.5 Å². The molecule has 1 N–H and O–H groups in total. The number of nitrogens with one attached hydrogen (secondary N) is 1. The molecule has 0 saturated carbocycles. The summed E-state index contributed by atoms with van der Waals surface area (Å²) in [5, 5.41) is 2.72. The van der Waals surface area contributed by atoms with Crippen molar-refractivity contribution in [2.75, 3.05) is 11.9 Å². The van der Waals surface area contributed by atoms with E-state index in [0.717, 1.165) is 12.0 Å². The zero-order chi connectivity index (χ0) is 20.8. The number of carbonyl (C=O) groups excluding carboxylic acids is 2. The third-order valence-electron chi connectivity index (χ3n) is 4.72. The normalized spacial score (nSPS) is 11.7. The average Bonchev–Trinajstić information content (AvgIpc) is 3.14. The molecule has 1 aromatic heterocycles. The first-order chi connectivity index (χ1) is 14.0. The van der Waals surface area contributed by atoms with Crippen LogP contribution in [0, 0.1) is 6.92 Å². The maximum atomic E-state index is 12.3. The molecule has 6 heteroatoms. The molecule has 1 heterocycles. The van der Waals surface area contributed by atoms with Crippen LogP contribution in [-0.4, -0.2) is 23.5 Å². The second-order valence-electron chi connectivity index (χ2n) is 6.85. The number of aromatic nitrogens is 1. The van der Waals surface area contributed by atoms with Crippen molar-refractivity contribution in [2.24, 2.45) is 0 Å². The predicted molar refractivity (Wildman–Crippen MR) is 111 cm³/mol. The molecule has 0 aliphatic rings. The molecule has 0 aliphatic carbocycles. The summed E-state index contributed by atoms with van der Waals surface area (Å²) >= 11 is 0. The van der Waals surface area contributed by atoms with Crippen molar-refractivity contribution in [3.05, 3.63) is 71.6 Å². The van der Waals surface area contributed by atoms with E-state index in [-0.39, 0.29) is 5.69 Å². The molecule has 0 radical (unpaired) electrons. The van der Waals surface area contributed by atoms with Crippen molar-refractivity contribution in [2.45, 2.75) is 33.1 Å². The Hall–Kier alpha value is -3.41. The average molecular weight is 392 g/mol. The van der Waals surface area contributed by atoms with E-state index < -0.39 is 18.5 Å². The fourth-order valence-corrected chi connectivity index (χ4v) is 2.82. The Morgan fingerprint density at radius 3 is 2.45 bits per heavy atom. The van der Waals surface area contributed by atoms with Gasteiger partial charge in [-0.25, -0.2) is 9.78 Å². The number of rotatable bonds is 7. The highest BCUT2D eigenvalue weighted by atomic mass is 16.5. The van der Waals surface area contributed by atoms with E-state index in [9.17, 15) is 9.59 Å². The lowest BCUT2D eigenvalue weighted by atomic mass is 9.99. The lowest BCUT2D eigenvalue weighted by Crippen LogP contribution is -2.21. The quantitative estimate of drug-likeness (QED) is 0.575. The monoisotopic (exact) mass is 392 g/mol. The minimum Gasteiger partial charge on any atom is -0.451 e. The van der Waals surface area contributed by atoms with Gasteiger partial charge in [0.05, 0.1) is 0 Å². The number of hydrogen-bond acceptors (Lipinski definition) is 5. The smallest absolute Gasteiger partial charge is 0.361 e. The van der Waals surface area contributed by atoms with Crippen LogP contribution in [0.2, 0.25) is 0 Å². The van der Waals surface area contributed by atoms with Crippen LogP contribution in [0.1, 0.15) is 48.0 Å². The number of nitrogens with zero attached hydrogens (tertiary/aromatic N) is 1. The third-order valence-corrected chi connectivity index (χ3v) is 4.72. The second-order valence-corrected chi connectivity index (χ2v) is 6.85. The Balaban J connectivity index is 1.56. The molecule has 3 aromatic rings. The van der Waals surface area contributed by atoms with Gasteiger partial charge in [-0.05, 0) is 49.1 Å². The van der Waals surface area contributed by atoms with Crippen molar-refractivity contribution >= 4 is 17.6 Å². The molecular formula is C23H24N2O4. The van der Waals surface area contributed by atoms with Crippen LogP contribution in [0.25, 0.3) is 11.5 Å². The Morgan fingerprint density at radius 1 is 1.10 bits per heavy atom. The number of anilines is 1. The Kier molecular flexibility index (Phi) is 6.44. The standard InChI is InChI=1S/C23H24N2O4/c1-4-15(2)17-10-12-19(13-11-17)24-20(26)14-28-23(27)21-16(3)29-22(25-21)18-8-6-5-7-9-18/h5-13,15H,4,14H2,1-3H3,(H,24,26)/t15-/m0/s1. The van der Waals surface area contributed by atoms with E-state index in [1.807, 2.05) is 54.6 Å². The van der Waals surface area contributed by atoms with Crippen LogP contribution >= 0.6 is 0 Å². The summed E-state index contributed by atoms with van der Waals surface area (Å²) in [7, 11) is 0. The lowest BCUT2D eigenvalue weighted by molar-refractivity contribution is -0.119. The topological polar surface area (TPSA) is 81.4 Å². The van der Waals surface area contributed by atoms with Crippen LogP contribution in [0.3, 0.4) is 0 Å². The molecule has 150 valence electrons. The number of oxazole rings is 1. The zero-order valence-corrected chi connectivity index (χ0v) is 16.8. The second kappa shape index (κ2) is 9.19. The van der Waals surface area contributed by atoms with Crippen LogP contribution in [0.15, 0.2) is 59.0 Å². The van der Waals surface area contributed by atoms with Gasteiger partial charge in [-0.3, -0.25) is 4.79 Å². The van der Waals surface area contributed by atoms with E-state index in [2.05, 4.69) is 24.1 Å². The number of amides is 1. The summed E-state index contributed by atoms with van der Waals surface area (Å²) in [6, 6.07) is 16.9. The Morgan fingerprint density at radius 2 is 1.79 bits per heavy atom. The summed E-state index contributed by atoms with van der Waals surface area (Å²) < 4.78 is 10.6. The molecule has 0 spiro atoms. The van der Waals surface area contributed by atoms with Gasteiger partial charge in [0.1, 0.15) is 5.76 Å². The largest absolute Gasteiger partial charge is 0.451 e. The molecule has 0 saturated heterocycles. The van der Waals surface area contributed by atoms with Crippen molar-refractivity contribution in [3.63, 3.8) is 0 Å². The minimum absolute atomic E-state index is 0.0644. The fraction of sp³-hybridized carbons (Fsp3) is 0.261. The summed E-state index contributed by atoms with van der Waals surface area (Å²) in [5.41, 5.74) is 2.69. The van der Waals surface area contributed by atoms with Gasteiger partial charge in [0.2, 0.25) is 5.89 Å². The number of ether oxygens (including phenoxy) is 1. The summed E-state index contributed by atoms with van der Waals surface area (Å²) in [6.07, 6.45) is 1.05. The molecule has 0 fully saturated rings. The van der Waals surface area contributed by atoms with Crippen molar-refractivity contribution in [3.8, 4) is 11.5 Å². The van der Waals surface area contributed by atoms with Crippen LogP contribution < -0.4 is 5.32 Å². The maximum absolute atomic E-state index is 12.3. The first kappa shape index (κ1) is 20.3. The molecule has 0 aliphatic heterocycles. The molecule has 29 heavy (non-hydrogen) atoms. The highest BCUT2D eigenvalue weighted by molar-refractivity contribution is 5.95. The minimum atomic E-state index is -0.698. The summed E-state index contributed by atoms with van der Waals surface area (Å²) in [4.78, 5) is 28.6. The van der Waals surface area contributed by atoms with E-state index in [4.69, 9.17) is 9.15 Å². The Labute approximate surface area is 169 Å². The molecule has 2 aromatic carbocycles. The molecule has 3 rings (SSSR count). The first-order valence-electron chi connectivity index (χ1n) is 9.57. The molecular weight excluding hydrogens is 368 g/mol. The molecule has 1 amide bonds. The van der Waals surface area contributed by atoms with Crippen molar-refractivity contribution in [1.82, 2.24) is 4.98 Å². The maximum Gasteiger partial charge on any atom is 0.361 e. The summed E-state index contributed by atoms with van der Waals surface area (Å²) in [5.74, 6) is 0.0257. The molecule has 1 atom stereocenters. The number of esters is 1. The van der Waals surface area contributed by atoms with Crippen LogP contribution in [-0.2, 0) is 9.53 Å². The lowest BCUT2D eigenvalue weighted by Gasteiger charge is -2.10. The highest BCUT2D eigenvalue weighted by Crippen LogP contribution is 2.22. The number of carbonyl (C=O) groups is 2. The Bertz CT molecular complexity index is 978. The van der Waals surface area contributed by atoms with Gasteiger partial charge in [-0.1, -0.05) is 44.2 Å². The van der Waals surface area contributed by atoms with Crippen LogP contribution in [0.5, 0.6) is 0 Å². The zero-order valence-electron chi connectivity index (χ0n) is 16.8. The van der Waals surface area contributed by atoms with Gasteiger partial charge in [0.25, 0.3) is 5.91 Å². The van der Waals surface area contributed by atoms with E-state index in [1.165, 1.54) is 5.56 Å². The molecule has 6 nitrogen and oxygen atoms in total. The fourth-order valence-electron chi connectivity index (χ4n) is 2.82. The van der Waals surface area contributed by atoms with Gasteiger partial charge in [0, 0.05) is 11.3 Å². The number of aryl methyl sites for hydroxylation is 1. The summed E-state index contributed by atoms with van der Waals surface area (Å²) in [6.45, 7) is 5.52. The van der Waals surface area contributed by atoms with Gasteiger partial charge in [-0.2, -0.15) is 0 Å². The highest BCUT2D eigenvalue weighted by Gasteiger charge is 2.20. The van der Waals surface area contributed by atoms with Crippen LogP contribution in [0.4, 0.5) is 5.69 Å².